The van der Waals surface area contributed by atoms with Crippen molar-refractivity contribution in [2.45, 2.75) is 24.3 Å². The number of hydrogen-bond donors (Lipinski definition) is 2. The third-order valence-corrected chi connectivity index (χ3v) is 5.03. The molecule has 1 unspecified atom stereocenters. The molecule has 8 heteroatoms. The molecule has 0 spiro atoms. The van der Waals surface area contributed by atoms with E-state index in [1.165, 1.54) is 12.1 Å². The van der Waals surface area contributed by atoms with Gasteiger partial charge in [-0.3, -0.25) is 4.18 Å². The summed E-state index contributed by atoms with van der Waals surface area (Å²) >= 11 is 0. The Balaban J connectivity index is 1.95. The molecule has 0 bridgehead atoms. The number of rotatable bonds is 4. The fourth-order valence-electron chi connectivity index (χ4n) is 2.30. The molecule has 0 aromatic heterocycles. The van der Waals surface area contributed by atoms with Crippen molar-refractivity contribution < 1.29 is 27.6 Å². The molecule has 1 amide bonds. The first-order valence-corrected chi connectivity index (χ1v) is 8.32. The topological polar surface area (TPSA) is 104 Å². The first-order chi connectivity index (χ1) is 10.3. The number of carboxylic acid groups (broad SMARTS) is 1. The monoisotopic (exact) mass is 329 g/mol. The third-order valence-electron chi connectivity index (χ3n) is 3.74. The Morgan fingerprint density at radius 1 is 1.36 bits per heavy atom. The maximum absolute atomic E-state index is 12.1. The molecule has 1 fully saturated rings. The van der Waals surface area contributed by atoms with Gasteiger partial charge >= 0.3 is 6.09 Å². The summed E-state index contributed by atoms with van der Waals surface area (Å²) < 4.78 is 29.1. The molecule has 122 valence electrons. The van der Waals surface area contributed by atoms with Gasteiger partial charge in [0.2, 0.25) is 0 Å². The van der Waals surface area contributed by atoms with Crippen LogP contribution in [0.4, 0.5) is 4.79 Å². The SMILES string of the molecule is Cc1ccc(S(=O)(=O)OCC2CCN(C(=O)O)C[C@@H]2O)cc1. The molecule has 2 rings (SSSR count). The van der Waals surface area contributed by atoms with E-state index < -0.39 is 28.2 Å². The van der Waals surface area contributed by atoms with Gasteiger partial charge in [-0.1, -0.05) is 17.7 Å². The minimum atomic E-state index is -3.87. The maximum atomic E-state index is 12.1. The summed E-state index contributed by atoms with van der Waals surface area (Å²) in [6.07, 6.45) is -1.67. The van der Waals surface area contributed by atoms with E-state index in [9.17, 15) is 18.3 Å². The smallest absolute Gasteiger partial charge is 0.407 e. The Labute approximate surface area is 129 Å². The molecule has 0 radical (unpaired) electrons. The van der Waals surface area contributed by atoms with Crippen LogP contribution in [0.25, 0.3) is 0 Å². The summed E-state index contributed by atoms with van der Waals surface area (Å²) in [7, 11) is -3.87. The Hall–Kier alpha value is -1.64. The lowest BCUT2D eigenvalue weighted by Gasteiger charge is -2.33. The lowest BCUT2D eigenvalue weighted by Crippen LogP contribution is -2.47. The molecule has 2 atom stereocenters. The van der Waals surface area contributed by atoms with E-state index in [0.717, 1.165) is 10.5 Å². The van der Waals surface area contributed by atoms with E-state index in [1.54, 1.807) is 12.1 Å². The number of benzene rings is 1. The van der Waals surface area contributed by atoms with Crippen molar-refractivity contribution in [1.82, 2.24) is 4.90 Å². The van der Waals surface area contributed by atoms with Crippen LogP contribution in [0.3, 0.4) is 0 Å². The van der Waals surface area contributed by atoms with Crippen molar-refractivity contribution in [2.75, 3.05) is 19.7 Å². The molecule has 1 saturated heterocycles. The second-order valence-electron chi connectivity index (χ2n) is 5.40. The van der Waals surface area contributed by atoms with Crippen LogP contribution >= 0.6 is 0 Å². The molecular weight excluding hydrogens is 310 g/mol. The van der Waals surface area contributed by atoms with E-state index in [2.05, 4.69) is 0 Å². The van der Waals surface area contributed by atoms with Crippen molar-refractivity contribution in [3.05, 3.63) is 29.8 Å². The second-order valence-corrected chi connectivity index (χ2v) is 7.01. The number of nitrogens with zero attached hydrogens (tertiary/aromatic N) is 1. The molecule has 1 aromatic rings. The van der Waals surface area contributed by atoms with Crippen molar-refractivity contribution >= 4 is 16.2 Å². The average Bonchev–Trinajstić information content (AvgIpc) is 2.46. The van der Waals surface area contributed by atoms with Crippen LogP contribution in [0.2, 0.25) is 0 Å². The zero-order chi connectivity index (χ0) is 16.3. The molecule has 7 nitrogen and oxygen atoms in total. The van der Waals surface area contributed by atoms with E-state index >= 15 is 0 Å². The minimum absolute atomic E-state index is 0.0338. The predicted octanol–water partition coefficient (Wildman–Crippen LogP) is 1.06. The molecule has 1 aliphatic heterocycles. The van der Waals surface area contributed by atoms with Gasteiger partial charge < -0.3 is 15.1 Å². The van der Waals surface area contributed by atoms with E-state index in [4.69, 9.17) is 9.29 Å². The molecule has 1 heterocycles. The summed E-state index contributed by atoms with van der Waals surface area (Å²) in [4.78, 5) is 12.0. The Kier molecular flexibility index (Phi) is 5.05. The summed E-state index contributed by atoms with van der Waals surface area (Å²) in [6.45, 7) is 1.91. The first-order valence-electron chi connectivity index (χ1n) is 6.91. The van der Waals surface area contributed by atoms with Gasteiger partial charge in [-0.15, -0.1) is 0 Å². The third kappa shape index (κ3) is 3.96. The number of likely N-dealkylation sites (tertiary alicyclic amines) is 1. The summed E-state index contributed by atoms with van der Waals surface area (Å²) in [5, 5.41) is 18.8. The molecule has 1 aromatic carbocycles. The van der Waals surface area contributed by atoms with Crippen molar-refractivity contribution in [2.24, 2.45) is 5.92 Å². The lowest BCUT2D eigenvalue weighted by atomic mass is 9.95. The van der Waals surface area contributed by atoms with Crippen LogP contribution in [-0.4, -0.2) is 55.4 Å². The van der Waals surface area contributed by atoms with Gasteiger partial charge in [0, 0.05) is 12.5 Å². The van der Waals surface area contributed by atoms with E-state index in [0.29, 0.717) is 6.42 Å². The average molecular weight is 329 g/mol. The highest BCUT2D eigenvalue weighted by Crippen LogP contribution is 2.21. The molecule has 22 heavy (non-hydrogen) atoms. The van der Waals surface area contributed by atoms with Gasteiger partial charge in [0.05, 0.1) is 24.2 Å². The molecule has 2 N–H and O–H groups in total. The largest absolute Gasteiger partial charge is 0.465 e. The number of hydrogen-bond acceptors (Lipinski definition) is 5. The fraction of sp³-hybridized carbons (Fsp3) is 0.500. The predicted molar refractivity (Wildman–Crippen MR) is 78.0 cm³/mol. The van der Waals surface area contributed by atoms with Gasteiger partial charge in [-0.25, -0.2) is 4.79 Å². The first kappa shape index (κ1) is 16.7. The van der Waals surface area contributed by atoms with Crippen LogP contribution in [0.1, 0.15) is 12.0 Å². The van der Waals surface area contributed by atoms with Crippen molar-refractivity contribution in [1.29, 1.82) is 0 Å². The Morgan fingerprint density at radius 3 is 2.55 bits per heavy atom. The maximum Gasteiger partial charge on any atom is 0.407 e. The van der Waals surface area contributed by atoms with Gasteiger partial charge in [-0.2, -0.15) is 8.42 Å². The van der Waals surface area contributed by atoms with Crippen molar-refractivity contribution in [3.8, 4) is 0 Å². The Morgan fingerprint density at radius 2 is 2.00 bits per heavy atom. The zero-order valence-electron chi connectivity index (χ0n) is 12.2. The number of aryl methyl sites for hydroxylation is 1. The number of piperidine rings is 1. The lowest BCUT2D eigenvalue weighted by molar-refractivity contribution is 0.00784. The van der Waals surface area contributed by atoms with E-state index in [1.807, 2.05) is 6.92 Å². The second kappa shape index (κ2) is 6.64. The molecule has 0 saturated carbocycles. The van der Waals surface area contributed by atoms with Gasteiger partial charge in [0.1, 0.15) is 0 Å². The zero-order valence-corrected chi connectivity index (χ0v) is 13.0. The quantitative estimate of drug-likeness (QED) is 0.801. The standard InChI is InChI=1S/C14H19NO6S/c1-10-2-4-12(5-3-10)22(19,20)21-9-11-6-7-15(14(17)18)8-13(11)16/h2-5,11,13,16H,6-9H2,1H3,(H,17,18)/t11?,13-/m0/s1. The van der Waals surface area contributed by atoms with Gasteiger partial charge in [0.25, 0.3) is 10.1 Å². The number of aliphatic hydroxyl groups is 1. The van der Waals surface area contributed by atoms with Crippen LogP contribution < -0.4 is 0 Å². The normalized spacial score (nSPS) is 22.5. The van der Waals surface area contributed by atoms with Crippen LogP contribution in [0, 0.1) is 12.8 Å². The van der Waals surface area contributed by atoms with Crippen molar-refractivity contribution in [3.63, 3.8) is 0 Å². The van der Waals surface area contributed by atoms with Crippen LogP contribution in [0.15, 0.2) is 29.2 Å². The summed E-state index contributed by atoms with van der Waals surface area (Å²) in [6, 6.07) is 6.29. The molecular formula is C14H19NO6S. The number of aliphatic hydroxyl groups excluding tert-OH is 1. The fourth-order valence-corrected chi connectivity index (χ4v) is 3.26. The number of β-amino-alcohol motifs (C(OH)–C–C–N with tert-alkyl or cyclic N) is 1. The van der Waals surface area contributed by atoms with Gasteiger partial charge in [-0.05, 0) is 25.5 Å². The highest BCUT2D eigenvalue weighted by Gasteiger charge is 2.31. The molecule has 0 aliphatic carbocycles. The summed E-state index contributed by atoms with van der Waals surface area (Å²) in [5.74, 6) is -0.407. The van der Waals surface area contributed by atoms with Crippen LogP contribution in [-0.2, 0) is 14.3 Å². The highest BCUT2D eigenvalue weighted by molar-refractivity contribution is 7.86. The summed E-state index contributed by atoms with van der Waals surface area (Å²) in [5.41, 5.74) is 0.940. The minimum Gasteiger partial charge on any atom is -0.465 e. The van der Waals surface area contributed by atoms with Crippen LogP contribution in [0.5, 0.6) is 0 Å². The van der Waals surface area contributed by atoms with Gasteiger partial charge in [0.15, 0.2) is 0 Å². The number of amides is 1. The highest BCUT2D eigenvalue weighted by atomic mass is 32.2. The number of carbonyl (C=O) groups is 1. The van der Waals surface area contributed by atoms with E-state index in [-0.39, 0.29) is 24.6 Å². The Bertz CT molecular complexity index is 627. The molecule has 1 aliphatic rings.